The summed E-state index contributed by atoms with van der Waals surface area (Å²) in [4.78, 5) is 9.14. The van der Waals surface area contributed by atoms with Crippen LogP contribution < -0.4 is 5.32 Å². The van der Waals surface area contributed by atoms with Crippen molar-refractivity contribution < 1.29 is 9.50 Å². The first kappa shape index (κ1) is 13.8. The molecule has 1 aliphatic heterocycles. The molecule has 2 N–H and O–H groups in total. The summed E-state index contributed by atoms with van der Waals surface area (Å²) < 4.78 is 13.9. The Kier molecular flexibility index (Phi) is 3.99. The van der Waals surface area contributed by atoms with Gasteiger partial charge in [-0.3, -0.25) is 0 Å². The van der Waals surface area contributed by atoms with Gasteiger partial charge in [-0.25, -0.2) is 9.37 Å². The van der Waals surface area contributed by atoms with Gasteiger partial charge in [0.15, 0.2) is 0 Å². The van der Waals surface area contributed by atoms with Crippen molar-refractivity contribution in [2.45, 2.75) is 36.9 Å². The molecule has 0 amide bonds. The van der Waals surface area contributed by atoms with Gasteiger partial charge in [-0.2, -0.15) is 4.98 Å². The summed E-state index contributed by atoms with van der Waals surface area (Å²) in [6.45, 7) is 2.51. The van der Waals surface area contributed by atoms with Crippen molar-refractivity contribution >= 4 is 29.2 Å². The molecule has 0 radical (unpaired) electrons. The first-order chi connectivity index (χ1) is 8.41. The van der Waals surface area contributed by atoms with Crippen LogP contribution in [0, 0.1) is 0 Å². The molecule has 2 heterocycles. The molecule has 2 rings (SSSR count). The van der Waals surface area contributed by atoms with Crippen molar-refractivity contribution in [3.63, 3.8) is 0 Å². The molecule has 0 bridgehead atoms. The zero-order valence-corrected chi connectivity index (χ0v) is 11.8. The molecule has 0 fully saturated rings. The summed E-state index contributed by atoms with van der Waals surface area (Å²) in [6, 6.07) is -0.728. The monoisotopic (exact) mass is 291 g/mol. The van der Waals surface area contributed by atoms with E-state index in [-0.39, 0.29) is 11.9 Å². The number of aromatic nitrogens is 2. The second kappa shape index (κ2) is 5.19. The molecule has 1 aromatic heterocycles. The summed E-state index contributed by atoms with van der Waals surface area (Å²) in [5, 5.41) is 12.3. The van der Waals surface area contributed by atoms with E-state index < -0.39 is 11.7 Å². The minimum Gasteiger partial charge on any atom is -0.394 e. The van der Waals surface area contributed by atoms with Crippen LogP contribution in [-0.2, 0) is 6.42 Å². The molecule has 18 heavy (non-hydrogen) atoms. The highest BCUT2D eigenvalue weighted by molar-refractivity contribution is 7.99. The van der Waals surface area contributed by atoms with E-state index in [1.54, 1.807) is 11.8 Å². The summed E-state index contributed by atoms with van der Waals surface area (Å²) in [6.07, 6.45) is 0.833. The first-order valence-electron chi connectivity index (χ1n) is 5.67. The molecule has 0 saturated carbocycles. The second-order valence-electron chi connectivity index (χ2n) is 4.66. The normalized spacial score (nSPS) is 16.5. The SMILES string of the molecule is CC(C)(F)C(CO)Nc1nc(Cl)nc2c1SCC2. The van der Waals surface area contributed by atoms with E-state index in [1.807, 2.05) is 0 Å². The smallest absolute Gasteiger partial charge is 0.224 e. The maximum absolute atomic E-state index is 13.9. The van der Waals surface area contributed by atoms with Crippen molar-refractivity contribution in [1.82, 2.24) is 9.97 Å². The van der Waals surface area contributed by atoms with Gasteiger partial charge in [-0.05, 0) is 25.4 Å². The van der Waals surface area contributed by atoms with Crippen molar-refractivity contribution in [1.29, 1.82) is 0 Å². The van der Waals surface area contributed by atoms with E-state index in [1.165, 1.54) is 13.8 Å². The van der Waals surface area contributed by atoms with Crippen LogP contribution in [-0.4, -0.2) is 39.1 Å². The number of fused-ring (bicyclic) bond motifs is 1. The Morgan fingerprint density at radius 1 is 1.56 bits per heavy atom. The van der Waals surface area contributed by atoms with E-state index in [2.05, 4.69) is 15.3 Å². The van der Waals surface area contributed by atoms with Gasteiger partial charge < -0.3 is 10.4 Å². The quantitative estimate of drug-likeness (QED) is 0.834. The average molecular weight is 292 g/mol. The molecule has 0 aliphatic carbocycles. The number of aliphatic hydroxyl groups excluding tert-OH is 1. The molecule has 0 aromatic carbocycles. The predicted molar refractivity (Wildman–Crippen MR) is 71.2 cm³/mol. The fourth-order valence-electron chi connectivity index (χ4n) is 1.73. The molecular weight excluding hydrogens is 277 g/mol. The Hall–Kier alpha value is -0.590. The number of alkyl halides is 1. The van der Waals surface area contributed by atoms with Crippen LogP contribution in [0.2, 0.25) is 5.28 Å². The van der Waals surface area contributed by atoms with Crippen LogP contribution in [0.1, 0.15) is 19.5 Å². The van der Waals surface area contributed by atoms with Crippen molar-refractivity contribution in [2.24, 2.45) is 0 Å². The predicted octanol–water partition coefficient (Wildman–Crippen LogP) is 2.30. The average Bonchev–Trinajstić information content (AvgIpc) is 2.71. The van der Waals surface area contributed by atoms with E-state index in [9.17, 15) is 9.50 Å². The molecule has 1 atom stereocenters. The van der Waals surface area contributed by atoms with Gasteiger partial charge in [0, 0.05) is 12.2 Å². The number of aliphatic hydroxyl groups is 1. The van der Waals surface area contributed by atoms with Gasteiger partial charge in [-0.1, -0.05) is 0 Å². The zero-order chi connectivity index (χ0) is 13.3. The highest BCUT2D eigenvalue weighted by atomic mass is 35.5. The van der Waals surface area contributed by atoms with Gasteiger partial charge in [-0.15, -0.1) is 11.8 Å². The van der Waals surface area contributed by atoms with Crippen LogP contribution in [0.25, 0.3) is 0 Å². The number of rotatable bonds is 4. The summed E-state index contributed by atoms with van der Waals surface area (Å²) in [7, 11) is 0. The molecule has 1 unspecified atom stereocenters. The van der Waals surface area contributed by atoms with Crippen molar-refractivity contribution in [3.8, 4) is 0 Å². The van der Waals surface area contributed by atoms with Gasteiger partial charge in [0.25, 0.3) is 0 Å². The Balaban J connectivity index is 2.29. The number of nitrogens with one attached hydrogen (secondary N) is 1. The minimum atomic E-state index is -1.55. The Morgan fingerprint density at radius 2 is 2.28 bits per heavy atom. The third-order valence-corrected chi connectivity index (χ3v) is 4.11. The molecular formula is C11H15ClFN3OS. The third kappa shape index (κ3) is 2.87. The van der Waals surface area contributed by atoms with Crippen LogP contribution in [0.15, 0.2) is 4.90 Å². The lowest BCUT2D eigenvalue weighted by Crippen LogP contribution is -2.41. The lowest BCUT2D eigenvalue weighted by atomic mass is 10.0. The number of halogens is 2. The fourth-order valence-corrected chi connectivity index (χ4v) is 2.98. The molecule has 100 valence electrons. The number of hydrogen-bond donors (Lipinski definition) is 2. The summed E-state index contributed by atoms with van der Waals surface area (Å²) >= 11 is 7.46. The molecule has 7 heteroatoms. The number of nitrogens with zero attached hydrogens (tertiary/aromatic N) is 2. The van der Waals surface area contributed by atoms with Crippen LogP contribution in [0.3, 0.4) is 0 Å². The van der Waals surface area contributed by atoms with Gasteiger partial charge in [0.2, 0.25) is 5.28 Å². The third-order valence-electron chi connectivity index (χ3n) is 2.82. The van der Waals surface area contributed by atoms with E-state index >= 15 is 0 Å². The summed E-state index contributed by atoms with van der Waals surface area (Å²) in [5.41, 5.74) is -0.668. The first-order valence-corrected chi connectivity index (χ1v) is 7.03. The van der Waals surface area contributed by atoms with Gasteiger partial charge in [0.1, 0.15) is 11.5 Å². The van der Waals surface area contributed by atoms with Crippen LogP contribution >= 0.6 is 23.4 Å². The summed E-state index contributed by atoms with van der Waals surface area (Å²) in [5.74, 6) is 1.43. The highest BCUT2D eigenvalue weighted by Gasteiger charge is 2.30. The van der Waals surface area contributed by atoms with E-state index in [0.29, 0.717) is 5.82 Å². The standard InChI is InChI=1S/C11H15ClFN3OS/c1-11(2,13)7(5-17)15-9-8-6(3-4-18-8)14-10(12)16-9/h7,17H,3-5H2,1-2H3,(H,14,15,16). The van der Waals surface area contributed by atoms with Crippen molar-refractivity contribution in [2.75, 3.05) is 17.7 Å². The molecule has 0 spiro atoms. The lowest BCUT2D eigenvalue weighted by Gasteiger charge is -2.27. The van der Waals surface area contributed by atoms with Gasteiger partial charge in [0.05, 0.1) is 23.2 Å². The minimum absolute atomic E-state index is 0.145. The maximum atomic E-state index is 13.9. The zero-order valence-electron chi connectivity index (χ0n) is 10.2. The Labute approximate surface area is 114 Å². The molecule has 0 saturated heterocycles. The number of anilines is 1. The van der Waals surface area contributed by atoms with Crippen molar-refractivity contribution in [3.05, 3.63) is 11.0 Å². The Bertz CT molecular complexity index is 453. The number of thioether (sulfide) groups is 1. The van der Waals surface area contributed by atoms with Crippen LogP contribution in [0.4, 0.5) is 10.2 Å². The fraction of sp³-hybridized carbons (Fsp3) is 0.636. The molecule has 1 aromatic rings. The lowest BCUT2D eigenvalue weighted by molar-refractivity contribution is 0.132. The van der Waals surface area contributed by atoms with E-state index in [4.69, 9.17) is 11.6 Å². The van der Waals surface area contributed by atoms with E-state index in [0.717, 1.165) is 22.8 Å². The van der Waals surface area contributed by atoms with Crippen LogP contribution in [0.5, 0.6) is 0 Å². The molecule has 1 aliphatic rings. The maximum Gasteiger partial charge on any atom is 0.224 e. The highest BCUT2D eigenvalue weighted by Crippen LogP contribution is 2.36. The number of hydrogen-bond acceptors (Lipinski definition) is 5. The largest absolute Gasteiger partial charge is 0.394 e. The second-order valence-corrected chi connectivity index (χ2v) is 6.10. The van der Waals surface area contributed by atoms with Gasteiger partial charge >= 0.3 is 0 Å². The number of aryl methyl sites for hydroxylation is 1. The Morgan fingerprint density at radius 3 is 2.89 bits per heavy atom. The topological polar surface area (TPSA) is 58.0 Å². The molecule has 4 nitrogen and oxygen atoms in total.